The zero-order valence-corrected chi connectivity index (χ0v) is 10.5. The molecule has 0 bridgehead atoms. The van der Waals surface area contributed by atoms with Crippen LogP contribution in [0.1, 0.15) is 17.5 Å². The van der Waals surface area contributed by atoms with Crippen molar-refractivity contribution < 1.29 is 24.2 Å². The summed E-state index contributed by atoms with van der Waals surface area (Å²) in [5.74, 6) is -3.84. The third-order valence-corrected chi connectivity index (χ3v) is 3.61. The lowest BCUT2D eigenvalue weighted by molar-refractivity contribution is -0.302. The topological polar surface area (TPSA) is 98.9 Å². The van der Waals surface area contributed by atoms with E-state index in [-0.39, 0.29) is 6.42 Å². The Kier molecular flexibility index (Phi) is 2.67. The number of ether oxygens (including phenoxy) is 2. The van der Waals surface area contributed by atoms with Gasteiger partial charge >= 0.3 is 11.9 Å². The first-order chi connectivity index (χ1) is 9.45. The monoisotopic (exact) mass is 275 g/mol. The number of carbonyl (C=O) groups is 2. The number of rotatable bonds is 0. The molecule has 0 spiro atoms. The predicted octanol–water partition coefficient (Wildman–Crippen LogP) is 0.0891. The second-order valence-electron chi connectivity index (χ2n) is 4.87. The number of aliphatic hydroxyl groups is 1. The number of hydrogen-bond donors (Lipinski definition) is 2. The first-order valence-electron chi connectivity index (χ1n) is 6.18. The molecule has 6 nitrogen and oxygen atoms in total. The van der Waals surface area contributed by atoms with Crippen molar-refractivity contribution in [3.8, 4) is 0 Å². The van der Waals surface area contributed by atoms with E-state index in [2.05, 4.69) is 0 Å². The SMILES string of the molecule is NC12CCc3ccccc3C1(O)OC(=O)/C=C\C(=O)O2. The molecule has 1 aromatic rings. The average molecular weight is 275 g/mol. The Balaban J connectivity index is 2.19. The van der Waals surface area contributed by atoms with E-state index in [0.29, 0.717) is 12.0 Å². The number of esters is 2. The van der Waals surface area contributed by atoms with Crippen LogP contribution in [-0.2, 0) is 31.3 Å². The number of hydrogen-bond acceptors (Lipinski definition) is 6. The van der Waals surface area contributed by atoms with Crippen LogP contribution >= 0.6 is 0 Å². The summed E-state index contributed by atoms with van der Waals surface area (Å²) in [5.41, 5.74) is 5.36. The maximum Gasteiger partial charge on any atom is 0.333 e. The van der Waals surface area contributed by atoms with E-state index in [1.165, 1.54) is 0 Å². The normalized spacial score (nSPS) is 33.9. The van der Waals surface area contributed by atoms with Crippen LogP contribution in [0.25, 0.3) is 0 Å². The molecule has 2 unspecified atom stereocenters. The molecule has 0 amide bonds. The average Bonchev–Trinajstić information content (AvgIpc) is 2.41. The van der Waals surface area contributed by atoms with Crippen LogP contribution in [0.4, 0.5) is 0 Å². The first-order valence-corrected chi connectivity index (χ1v) is 6.18. The summed E-state index contributed by atoms with van der Waals surface area (Å²) in [6.07, 6.45) is 2.48. The van der Waals surface area contributed by atoms with E-state index in [1.54, 1.807) is 18.2 Å². The van der Waals surface area contributed by atoms with Gasteiger partial charge in [0.05, 0.1) is 0 Å². The Morgan fingerprint density at radius 3 is 2.50 bits per heavy atom. The molecule has 1 aliphatic heterocycles. The van der Waals surface area contributed by atoms with Crippen molar-refractivity contribution in [1.82, 2.24) is 0 Å². The van der Waals surface area contributed by atoms with Crippen LogP contribution in [0, 0.1) is 0 Å². The molecule has 0 aromatic heterocycles. The van der Waals surface area contributed by atoms with Gasteiger partial charge < -0.3 is 14.6 Å². The number of nitrogens with two attached hydrogens (primary N) is 1. The Morgan fingerprint density at radius 2 is 1.75 bits per heavy atom. The molecule has 2 aliphatic rings. The van der Waals surface area contributed by atoms with E-state index in [9.17, 15) is 14.7 Å². The van der Waals surface area contributed by atoms with Gasteiger partial charge in [0, 0.05) is 24.1 Å². The minimum Gasteiger partial charge on any atom is -0.433 e. The van der Waals surface area contributed by atoms with Crippen LogP contribution in [0.15, 0.2) is 36.4 Å². The summed E-state index contributed by atoms with van der Waals surface area (Å²) >= 11 is 0. The van der Waals surface area contributed by atoms with Crippen LogP contribution in [0.3, 0.4) is 0 Å². The van der Waals surface area contributed by atoms with Crippen LogP contribution in [-0.4, -0.2) is 22.8 Å². The van der Waals surface area contributed by atoms with Crippen LogP contribution in [0.2, 0.25) is 0 Å². The summed E-state index contributed by atoms with van der Waals surface area (Å²) in [5, 5.41) is 10.8. The minimum atomic E-state index is -2.20. The summed E-state index contributed by atoms with van der Waals surface area (Å²) in [7, 11) is 0. The number of aryl methyl sites for hydroxylation is 1. The molecule has 2 atom stereocenters. The van der Waals surface area contributed by atoms with Gasteiger partial charge in [-0.15, -0.1) is 0 Å². The fourth-order valence-electron chi connectivity index (χ4n) is 2.58. The quantitative estimate of drug-likeness (QED) is 0.651. The summed E-state index contributed by atoms with van der Waals surface area (Å²) < 4.78 is 10.2. The summed E-state index contributed by atoms with van der Waals surface area (Å²) in [6, 6.07) is 6.90. The maximum atomic E-state index is 11.7. The molecular formula is C14H13NO5. The lowest BCUT2D eigenvalue weighted by atomic mass is 9.80. The van der Waals surface area contributed by atoms with Gasteiger partial charge in [-0.25, -0.2) is 9.59 Å². The molecule has 3 rings (SSSR count). The largest absolute Gasteiger partial charge is 0.433 e. The zero-order valence-electron chi connectivity index (χ0n) is 10.5. The molecule has 1 aliphatic carbocycles. The lowest BCUT2D eigenvalue weighted by Crippen LogP contribution is -2.65. The third-order valence-electron chi connectivity index (χ3n) is 3.61. The van der Waals surface area contributed by atoms with Crippen molar-refractivity contribution in [2.24, 2.45) is 5.73 Å². The Hall–Kier alpha value is -2.18. The Morgan fingerprint density at radius 1 is 1.10 bits per heavy atom. The number of benzene rings is 1. The molecule has 0 saturated carbocycles. The van der Waals surface area contributed by atoms with E-state index < -0.39 is 23.5 Å². The van der Waals surface area contributed by atoms with Gasteiger partial charge in [-0.05, 0) is 12.0 Å². The molecule has 3 N–H and O–H groups in total. The lowest BCUT2D eigenvalue weighted by Gasteiger charge is -2.46. The van der Waals surface area contributed by atoms with Crippen LogP contribution in [0.5, 0.6) is 0 Å². The predicted molar refractivity (Wildman–Crippen MR) is 66.9 cm³/mol. The molecule has 6 heteroatoms. The second-order valence-corrected chi connectivity index (χ2v) is 4.87. The van der Waals surface area contributed by atoms with Gasteiger partial charge in [0.15, 0.2) is 0 Å². The second kappa shape index (κ2) is 4.16. The van der Waals surface area contributed by atoms with E-state index in [0.717, 1.165) is 17.7 Å². The highest BCUT2D eigenvalue weighted by atomic mass is 16.7. The number of carbonyl (C=O) groups excluding carboxylic acids is 2. The molecular weight excluding hydrogens is 262 g/mol. The Labute approximate surface area is 114 Å². The van der Waals surface area contributed by atoms with E-state index in [4.69, 9.17) is 15.2 Å². The molecule has 1 aromatic carbocycles. The van der Waals surface area contributed by atoms with Gasteiger partial charge in [-0.2, -0.15) is 0 Å². The molecule has 0 saturated heterocycles. The highest BCUT2D eigenvalue weighted by Crippen LogP contribution is 2.43. The molecule has 104 valence electrons. The van der Waals surface area contributed by atoms with Gasteiger partial charge in [-0.3, -0.25) is 5.73 Å². The summed E-state index contributed by atoms with van der Waals surface area (Å²) in [4.78, 5) is 23.2. The van der Waals surface area contributed by atoms with Crippen molar-refractivity contribution >= 4 is 11.9 Å². The fraction of sp³-hybridized carbons (Fsp3) is 0.286. The molecule has 1 heterocycles. The van der Waals surface area contributed by atoms with Gasteiger partial charge in [0.1, 0.15) is 0 Å². The highest BCUT2D eigenvalue weighted by molar-refractivity contribution is 5.92. The Bertz CT molecular complexity index is 626. The van der Waals surface area contributed by atoms with Crippen molar-refractivity contribution in [3.05, 3.63) is 47.5 Å². The fourth-order valence-corrected chi connectivity index (χ4v) is 2.58. The minimum absolute atomic E-state index is 0.146. The van der Waals surface area contributed by atoms with Gasteiger partial charge in [0.25, 0.3) is 5.79 Å². The molecule has 0 radical (unpaired) electrons. The van der Waals surface area contributed by atoms with E-state index >= 15 is 0 Å². The zero-order chi connectivity index (χ0) is 14.4. The van der Waals surface area contributed by atoms with Crippen molar-refractivity contribution in [2.45, 2.75) is 24.4 Å². The van der Waals surface area contributed by atoms with Gasteiger partial charge in [-0.1, -0.05) is 24.3 Å². The maximum absolute atomic E-state index is 11.7. The highest BCUT2D eigenvalue weighted by Gasteiger charge is 2.59. The smallest absolute Gasteiger partial charge is 0.333 e. The molecule has 20 heavy (non-hydrogen) atoms. The number of fused-ring (bicyclic) bond motifs is 3. The van der Waals surface area contributed by atoms with Crippen molar-refractivity contribution in [1.29, 1.82) is 0 Å². The standard InChI is InChI=1S/C14H13NO5/c15-13-8-7-9-3-1-2-4-10(9)14(13,18)20-12(17)6-5-11(16)19-13/h1-6,18H,7-8,15H2/b6-5-. The summed E-state index contributed by atoms with van der Waals surface area (Å²) in [6.45, 7) is 0. The van der Waals surface area contributed by atoms with E-state index in [1.807, 2.05) is 6.07 Å². The van der Waals surface area contributed by atoms with Crippen LogP contribution < -0.4 is 5.73 Å². The van der Waals surface area contributed by atoms with Crippen molar-refractivity contribution in [2.75, 3.05) is 0 Å². The molecule has 0 fully saturated rings. The van der Waals surface area contributed by atoms with Gasteiger partial charge in [0.2, 0.25) is 5.72 Å². The third kappa shape index (κ3) is 1.73. The first kappa shape index (κ1) is 12.8. The van der Waals surface area contributed by atoms with Crippen molar-refractivity contribution in [3.63, 3.8) is 0 Å².